The highest BCUT2D eigenvalue weighted by Gasteiger charge is 2.19. The number of nitrogens with zero attached hydrogens (tertiary/aromatic N) is 3. The van der Waals surface area contributed by atoms with Gasteiger partial charge in [0.15, 0.2) is 5.82 Å². The Balaban J connectivity index is 1.40. The van der Waals surface area contributed by atoms with E-state index >= 15 is 0 Å². The first-order chi connectivity index (χ1) is 20.8. The van der Waals surface area contributed by atoms with Gasteiger partial charge in [0, 0.05) is 53.1 Å². The molecule has 0 aliphatic heterocycles. The third-order valence-corrected chi connectivity index (χ3v) is 9.33. The van der Waals surface area contributed by atoms with Crippen LogP contribution in [0.4, 0.5) is 0 Å². The first-order valence-electron chi connectivity index (χ1n) is 14.1. The van der Waals surface area contributed by atoms with Gasteiger partial charge in [-0.1, -0.05) is 103 Å². The van der Waals surface area contributed by atoms with Crippen LogP contribution >= 0.6 is 11.3 Å². The molecule has 0 N–H and O–H groups in total. The molecule has 0 spiro atoms. The van der Waals surface area contributed by atoms with Crippen LogP contribution in [0.1, 0.15) is 0 Å². The van der Waals surface area contributed by atoms with Crippen LogP contribution in [0.5, 0.6) is 0 Å². The van der Waals surface area contributed by atoms with Crippen LogP contribution in [-0.2, 0) is 0 Å². The Morgan fingerprint density at radius 3 is 2.05 bits per heavy atom. The molecule has 0 atom stereocenters. The molecule has 196 valence electrons. The van der Waals surface area contributed by atoms with Gasteiger partial charge in [0.1, 0.15) is 0 Å². The van der Waals surface area contributed by atoms with Gasteiger partial charge in [-0.25, -0.2) is 9.97 Å². The number of rotatable bonds is 3. The van der Waals surface area contributed by atoms with E-state index in [1.165, 1.54) is 42.0 Å². The molecule has 0 unspecified atom stereocenters. The summed E-state index contributed by atoms with van der Waals surface area (Å²) < 4.78 is 5.05. The van der Waals surface area contributed by atoms with Gasteiger partial charge in [-0.05, 0) is 36.4 Å². The molecule has 4 heteroatoms. The molecule has 0 aliphatic rings. The quantitative estimate of drug-likeness (QED) is 0.218. The summed E-state index contributed by atoms with van der Waals surface area (Å²) in [7, 11) is 0. The minimum atomic E-state index is 0.734. The molecule has 0 amide bonds. The number of benzene rings is 6. The fraction of sp³-hybridized carbons (Fsp3) is 0. The van der Waals surface area contributed by atoms with Gasteiger partial charge in [0.2, 0.25) is 0 Å². The van der Waals surface area contributed by atoms with Gasteiger partial charge >= 0.3 is 0 Å². The van der Waals surface area contributed by atoms with E-state index in [9.17, 15) is 0 Å². The Morgan fingerprint density at radius 2 is 1.21 bits per heavy atom. The molecule has 9 aromatic rings. The summed E-state index contributed by atoms with van der Waals surface area (Å²) >= 11 is 1.86. The van der Waals surface area contributed by atoms with E-state index < -0.39 is 0 Å². The molecule has 0 bridgehead atoms. The predicted molar refractivity (Wildman–Crippen MR) is 178 cm³/mol. The van der Waals surface area contributed by atoms with Gasteiger partial charge in [-0.2, -0.15) is 0 Å². The number of hydrogen-bond donors (Lipinski definition) is 0. The molecular formula is C38H23N3S. The predicted octanol–water partition coefficient (Wildman–Crippen LogP) is 10.4. The molecule has 0 fully saturated rings. The highest BCUT2D eigenvalue weighted by Crippen LogP contribution is 2.43. The van der Waals surface area contributed by atoms with Crippen molar-refractivity contribution in [3.63, 3.8) is 0 Å². The smallest absolute Gasteiger partial charge is 0.160 e. The fourth-order valence-electron chi connectivity index (χ4n) is 6.32. The first kappa shape index (κ1) is 23.4. The van der Waals surface area contributed by atoms with E-state index in [-0.39, 0.29) is 0 Å². The highest BCUT2D eigenvalue weighted by atomic mass is 32.1. The highest BCUT2D eigenvalue weighted by molar-refractivity contribution is 7.26. The number of aromatic nitrogens is 3. The standard InChI is InChI=1S/C38H23N3S/c1-3-11-24(12-4-1)36-30-23-26(19-21-31(30)39-38(40-36)25-13-5-2-6-14-25)41-32-17-9-7-15-27(32)28-20-22-34-35(37(28)41)29-16-8-10-18-33(29)42-34/h1-23H. The molecule has 0 radical (unpaired) electrons. The molecule has 0 saturated heterocycles. The average molecular weight is 554 g/mol. The summed E-state index contributed by atoms with van der Waals surface area (Å²) in [5.41, 5.74) is 7.49. The van der Waals surface area contributed by atoms with Gasteiger partial charge in [-0.15, -0.1) is 11.3 Å². The zero-order chi connectivity index (χ0) is 27.6. The molecule has 0 saturated carbocycles. The van der Waals surface area contributed by atoms with E-state index in [2.05, 4.69) is 120 Å². The van der Waals surface area contributed by atoms with Crippen LogP contribution in [0.15, 0.2) is 140 Å². The Hall–Kier alpha value is -5.32. The van der Waals surface area contributed by atoms with Gasteiger partial charge in [0.05, 0.1) is 22.2 Å². The van der Waals surface area contributed by atoms with E-state index in [4.69, 9.17) is 9.97 Å². The Morgan fingerprint density at radius 1 is 0.500 bits per heavy atom. The van der Waals surface area contributed by atoms with Crippen molar-refractivity contribution in [2.75, 3.05) is 0 Å². The fourth-order valence-corrected chi connectivity index (χ4v) is 7.43. The van der Waals surface area contributed by atoms with Crippen LogP contribution in [0.3, 0.4) is 0 Å². The van der Waals surface area contributed by atoms with Crippen LogP contribution in [0.25, 0.3) is 81.2 Å². The van der Waals surface area contributed by atoms with Crippen molar-refractivity contribution in [3.8, 4) is 28.3 Å². The maximum atomic E-state index is 5.15. The Labute approximate surface area is 246 Å². The topological polar surface area (TPSA) is 30.7 Å². The lowest BCUT2D eigenvalue weighted by Crippen LogP contribution is -1.98. The Bertz CT molecular complexity index is 2460. The van der Waals surface area contributed by atoms with Crippen molar-refractivity contribution < 1.29 is 0 Å². The molecule has 3 aromatic heterocycles. The SMILES string of the molecule is c1ccc(-c2nc(-c3ccccc3)c3cc(-n4c5ccccc5c5ccc6sc7ccccc7c6c54)ccc3n2)cc1. The van der Waals surface area contributed by atoms with Crippen molar-refractivity contribution in [2.24, 2.45) is 0 Å². The summed E-state index contributed by atoms with van der Waals surface area (Å²) in [6.45, 7) is 0. The van der Waals surface area contributed by atoms with E-state index in [0.29, 0.717) is 0 Å². The Kier molecular flexibility index (Phi) is 5.07. The zero-order valence-electron chi connectivity index (χ0n) is 22.5. The zero-order valence-corrected chi connectivity index (χ0v) is 23.3. The van der Waals surface area contributed by atoms with Crippen molar-refractivity contribution >= 4 is 64.2 Å². The maximum Gasteiger partial charge on any atom is 0.160 e. The summed E-state index contributed by atoms with van der Waals surface area (Å²) in [6, 6.07) is 49.3. The van der Waals surface area contributed by atoms with Crippen molar-refractivity contribution in [3.05, 3.63) is 140 Å². The van der Waals surface area contributed by atoms with Crippen LogP contribution < -0.4 is 0 Å². The largest absolute Gasteiger partial charge is 0.309 e. The lowest BCUT2D eigenvalue weighted by molar-refractivity contribution is 1.18. The van der Waals surface area contributed by atoms with Crippen molar-refractivity contribution in [1.82, 2.24) is 14.5 Å². The molecule has 42 heavy (non-hydrogen) atoms. The summed E-state index contributed by atoms with van der Waals surface area (Å²) in [5, 5.41) is 6.16. The number of para-hydroxylation sites is 1. The first-order valence-corrected chi connectivity index (χ1v) is 14.9. The van der Waals surface area contributed by atoms with Gasteiger partial charge < -0.3 is 4.57 Å². The van der Waals surface area contributed by atoms with Crippen molar-refractivity contribution in [2.45, 2.75) is 0 Å². The lowest BCUT2D eigenvalue weighted by Gasteiger charge is -2.13. The third-order valence-electron chi connectivity index (χ3n) is 8.19. The molecule has 0 aliphatic carbocycles. The van der Waals surface area contributed by atoms with Crippen LogP contribution in [0, 0.1) is 0 Å². The molecular weight excluding hydrogens is 531 g/mol. The molecule has 6 aromatic carbocycles. The summed E-state index contributed by atoms with van der Waals surface area (Å²) in [5.74, 6) is 0.734. The van der Waals surface area contributed by atoms with Crippen LogP contribution in [0.2, 0.25) is 0 Å². The minimum absolute atomic E-state index is 0.734. The van der Waals surface area contributed by atoms with Gasteiger partial charge in [0.25, 0.3) is 0 Å². The second-order valence-electron chi connectivity index (χ2n) is 10.6. The molecule has 3 heterocycles. The van der Waals surface area contributed by atoms with E-state index in [1.54, 1.807) is 0 Å². The van der Waals surface area contributed by atoms with Crippen LogP contribution in [-0.4, -0.2) is 14.5 Å². The van der Waals surface area contributed by atoms with Crippen molar-refractivity contribution in [1.29, 1.82) is 0 Å². The summed E-state index contributed by atoms with van der Waals surface area (Å²) in [4.78, 5) is 10.2. The molecule has 9 rings (SSSR count). The number of hydrogen-bond acceptors (Lipinski definition) is 3. The number of thiophene rings is 1. The van der Waals surface area contributed by atoms with E-state index in [1.807, 2.05) is 35.6 Å². The number of fused-ring (bicyclic) bond motifs is 8. The normalized spacial score (nSPS) is 11.8. The minimum Gasteiger partial charge on any atom is -0.309 e. The lowest BCUT2D eigenvalue weighted by atomic mass is 10.0. The molecule has 3 nitrogen and oxygen atoms in total. The second-order valence-corrected chi connectivity index (χ2v) is 11.7. The van der Waals surface area contributed by atoms with E-state index in [0.717, 1.165) is 39.2 Å². The average Bonchev–Trinajstić information content (AvgIpc) is 3.60. The van der Waals surface area contributed by atoms with Gasteiger partial charge in [-0.3, -0.25) is 0 Å². The summed E-state index contributed by atoms with van der Waals surface area (Å²) in [6.07, 6.45) is 0. The third kappa shape index (κ3) is 3.46. The second kappa shape index (κ2) is 9.10. The maximum absolute atomic E-state index is 5.15. The monoisotopic (exact) mass is 553 g/mol.